The number of ether oxygens (including phenoxy) is 1. The second-order valence-corrected chi connectivity index (χ2v) is 2.89. The molecule has 0 amide bonds. The normalized spacial score (nSPS) is 14.5. The monoisotopic (exact) mass is 146 g/mol. The molecule has 11 heavy (non-hydrogen) atoms. The van der Waals surface area contributed by atoms with Gasteiger partial charge in [-0.1, -0.05) is 18.2 Å². The van der Waals surface area contributed by atoms with Gasteiger partial charge in [-0.25, -0.2) is 0 Å². The van der Waals surface area contributed by atoms with E-state index in [2.05, 4.69) is 25.6 Å². The molecule has 0 N–H and O–H groups in total. The molecule has 1 aliphatic heterocycles. The number of hydrogen-bond acceptors (Lipinski definition) is 1. The summed E-state index contributed by atoms with van der Waals surface area (Å²) in [5.74, 6) is 0.973. The summed E-state index contributed by atoms with van der Waals surface area (Å²) in [7, 11) is 0. The van der Waals surface area contributed by atoms with Crippen molar-refractivity contribution < 1.29 is 4.74 Å². The van der Waals surface area contributed by atoms with E-state index in [1.54, 1.807) is 0 Å². The maximum Gasteiger partial charge on any atom is 0.127 e. The first-order valence-electron chi connectivity index (χ1n) is 3.69. The molecular weight excluding hydrogens is 136 g/mol. The average Bonchev–Trinajstić information content (AvgIpc) is 2.33. The molecule has 0 spiro atoms. The summed E-state index contributed by atoms with van der Waals surface area (Å²) in [5.41, 5.74) is 3.52. The van der Waals surface area contributed by atoms with E-state index in [0.717, 1.165) is 11.3 Å². The lowest BCUT2D eigenvalue weighted by Gasteiger charge is -1.97. The van der Waals surface area contributed by atoms with Gasteiger partial charge in [0.05, 0.1) is 0 Å². The molecule has 56 valence electrons. The van der Waals surface area contributed by atoms with E-state index in [4.69, 9.17) is 4.74 Å². The van der Waals surface area contributed by atoms with Crippen LogP contribution in [0.5, 0.6) is 5.75 Å². The van der Waals surface area contributed by atoms with E-state index in [1.165, 1.54) is 11.1 Å². The molecule has 1 nitrogen and oxygen atoms in total. The first kappa shape index (κ1) is 6.47. The lowest BCUT2D eigenvalue weighted by molar-refractivity contribution is 0.388. The van der Waals surface area contributed by atoms with Crippen LogP contribution < -0.4 is 4.74 Å². The van der Waals surface area contributed by atoms with Crippen LogP contribution in [0.3, 0.4) is 0 Å². The summed E-state index contributed by atoms with van der Waals surface area (Å²) in [6.45, 7) is 6.64. The van der Waals surface area contributed by atoms with Crippen LogP contribution in [-0.4, -0.2) is 6.61 Å². The first-order chi connectivity index (χ1) is 5.27. The van der Waals surface area contributed by atoms with Crippen LogP contribution in [0, 0.1) is 6.92 Å². The van der Waals surface area contributed by atoms with E-state index in [1.807, 2.05) is 6.07 Å². The van der Waals surface area contributed by atoms with Crippen LogP contribution in [0.4, 0.5) is 0 Å². The summed E-state index contributed by atoms with van der Waals surface area (Å²) in [6.07, 6.45) is 0. The maximum absolute atomic E-state index is 5.37. The van der Waals surface area contributed by atoms with Gasteiger partial charge in [0.2, 0.25) is 0 Å². The van der Waals surface area contributed by atoms with Crippen LogP contribution in [0.25, 0.3) is 5.57 Å². The summed E-state index contributed by atoms with van der Waals surface area (Å²) < 4.78 is 5.37. The maximum atomic E-state index is 5.37. The number of fused-ring (bicyclic) bond motifs is 1. The van der Waals surface area contributed by atoms with Crippen molar-refractivity contribution in [2.75, 3.05) is 6.61 Å². The average molecular weight is 146 g/mol. The third-order valence-corrected chi connectivity index (χ3v) is 1.92. The van der Waals surface area contributed by atoms with Crippen molar-refractivity contribution in [1.29, 1.82) is 0 Å². The zero-order valence-corrected chi connectivity index (χ0v) is 6.55. The molecule has 0 unspecified atom stereocenters. The Balaban J connectivity index is 2.60. The molecule has 1 aromatic rings. The minimum Gasteiger partial charge on any atom is -0.488 e. The Labute approximate surface area is 66.3 Å². The molecule has 1 heteroatoms. The van der Waals surface area contributed by atoms with Crippen molar-refractivity contribution in [3.05, 3.63) is 35.9 Å². The molecule has 0 saturated heterocycles. The molecule has 0 fully saturated rings. The lowest BCUT2D eigenvalue weighted by atomic mass is 10.1. The highest BCUT2D eigenvalue weighted by Crippen LogP contribution is 2.32. The second kappa shape index (κ2) is 2.12. The van der Waals surface area contributed by atoms with Crippen molar-refractivity contribution >= 4 is 5.57 Å². The second-order valence-electron chi connectivity index (χ2n) is 2.89. The minimum absolute atomic E-state index is 0.652. The number of hydrogen-bond donors (Lipinski definition) is 0. The van der Waals surface area contributed by atoms with E-state index in [9.17, 15) is 0 Å². The zero-order chi connectivity index (χ0) is 7.84. The molecular formula is C10H10O. The Bertz CT molecular complexity index is 313. The Morgan fingerprint density at radius 1 is 1.45 bits per heavy atom. The Morgan fingerprint density at radius 3 is 3.09 bits per heavy atom. The topological polar surface area (TPSA) is 9.23 Å². The third-order valence-electron chi connectivity index (χ3n) is 1.92. The van der Waals surface area contributed by atoms with Gasteiger partial charge in [-0.15, -0.1) is 0 Å². The molecule has 0 radical (unpaired) electrons. The van der Waals surface area contributed by atoms with E-state index < -0.39 is 0 Å². The lowest BCUT2D eigenvalue weighted by Crippen LogP contribution is -1.84. The summed E-state index contributed by atoms with van der Waals surface area (Å²) in [6, 6.07) is 6.17. The van der Waals surface area contributed by atoms with Crippen LogP contribution >= 0.6 is 0 Å². The smallest absolute Gasteiger partial charge is 0.127 e. The van der Waals surface area contributed by atoms with Gasteiger partial charge in [0.1, 0.15) is 12.4 Å². The summed E-state index contributed by atoms with van der Waals surface area (Å²) in [5, 5.41) is 0. The van der Waals surface area contributed by atoms with Gasteiger partial charge in [-0.3, -0.25) is 0 Å². The fourth-order valence-electron chi connectivity index (χ4n) is 1.29. The van der Waals surface area contributed by atoms with Crippen molar-refractivity contribution in [2.45, 2.75) is 6.92 Å². The van der Waals surface area contributed by atoms with Crippen molar-refractivity contribution in [3.63, 3.8) is 0 Å². The summed E-state index contributed by atoms with van der Waals surface area (Å²) >= 11 is 0. The van der Waals surface area contributed by atoms with Crippen LogP contribution in [0.1, 0.15) is 11.1 Å². The highest BCUT2D eigenvalue weighted by atomic mass is 16.5. The Hall–Kier alpha value is -1.24. The van der Waals surface area contributed by atoms with Gasteiger partial charge in [0.25, 0.3) is 0 Å². The minimum atomic E-state index is 0.652. The highest BCUT2D eigenvalue weighted by Gasteiger charge is 2.14. The molecule has 2 rings (SSSR count). The molecule has 0 saturated carbocycles. The van der Waals surface area contributed by atoms with Crippen LogP contribution in [-0.2, 0) is 0 Å². The Kier molecular flexibility index (Phi) is 1.25. The fraction of sp³-hybridized carbons (Fsp3) is 0.200. The Morgan fingerprint density at radius 2 is 2.27 bits per heavy atom. The largest absolute Gasteiger partial charge is 0.488 e. The zero-order valence-electron chi connectivity index (χ0n) is 6.55. The standard InChI is InChI=1S/C10H10O/c1-7-3-4-10-9(5-7)8(2)6-11-10/h3-5H,2,6H2,1H3. The van der Waals surface area contributed by atoms with Crippen molar-refractivity contribution in [1.82, 2.24) is 0 Å². The van der Waals surface area contributed by atoms with Gasteiger partial charge in [0.15, 0.2) is 0 Å². The number of rotatable bonds is 0. The summed E-state index contributed by atoms with van der Waals surface area (Å²) in [4.78, 5) is 0. The van der Waals surface area contributed by atoms with Gasteiger partial charge in [-0.05, 0) is 24.6 Å². The molecule has 1 aliphatic rings. The first-order valence-corrected chi connectivity index (χ1v) is 3.69. The van der Waals surface area contributed by atoms with Gasteiger partial charge in [-0.2, -0.15) is 0 Å². The van der Waals surface area contributed by atoms with Gasteiger partial charge < -0.3 is 4.74 Å². The molecule has 0 aromatic heterocycles. The predicted octanol–water partition coefficient (Wildman–Crippen LogP) is 2.40. The van der Waals surface area contributed by atoms with Gasteiger partial charge in [0, 0.05) is 5.56 Å². The van der Waals surface area contributed by atoms with E-state index >= 15 is 0 Å². The van der Waals surface area contributed by atoms with Crippen molar-refractivity contribution in [2.24, 2.45) is 0 Å². The number of benzene rings is 1. The predicted molar refractivity (Wildman–Crippen MR) is 45.7 cm³/mol. The van der Waals surface area contributed by atoms with Crippen LogP contribution in [0.2, 0.25) is 0 Å². The van der Waals surface area contributed by atoms with E-state index in [0.29, 0.717) is 6.61 Å². The number of aryl methyl sites for hydroxylation is 1. The molecule has 1 aromatic carbocycles. The van der Waals surface area contributed by atoms with Gasteiger partial charge >= 0.3 is 0 Å². The van der Waals surface area contributed by atoms with E-state index in [-0.39, 0.29) is 0 Å². The highest BCUT2D eigenvalue weighted by molar-refractivity contribution is 5.73. The molecule has 0 aliphatic carbocycles. The molecule has 1 heterocycles. The molecule has 0 bridgehead atoms. The SMILES string of the molecule is C=C1COc2ccc(C)cc21. The van der Waals surface area contributed by atoms with Crippen molar-refractivity contribution in [3.8, 4) is 5.75 Å². The van der Waals surface area contributed by atoms with Crippen LogP contribution in [0.15, 0.2) is 24.8 Å². The molecule has 0 atom stereocenters. The third kappa shape index (κ3) is 0.929. The fourth-order valence-corrected chi connectivity index (χ4v) is 1.29. The quantitative estimate of drug-likeness (QED) is 0.546.